The van der Waals surface area contributed by atoms with E-state index < -0.39 is 0 Å². The van der Waals surface area contributed by atoms with Gasteiger partial charge in [-0.2, -0.15) is 0 Å². The van der Waals surface area contributed by atoms with E-state index in [2.05, 4.69) is 289 Å². The highest BCUT2D eigenvalue weighted by Gasteiger charge is 2.21. The molecular weight excluding hydrogens is 869 g/mol. The van der Waals surface area contributed by atoms with Gasteiger partial charge in [0.15, 0.2) is 0 Å². The number of rotatable bonds is 8. The highest BCUT2D eigenvalue weighted by molar-refractivity contribution is 6.24. The third-order valence-corrected chi connectivity index (χ3v) is 14.7. The number of nitrogens with zero attached hydrogens (tertiary/aromatic N) is 2. The minimum absolute atomic E-state index is 1.08. The molecule has 0 atom stereocenters. The SMILES string of the molecule is c1ccc(-n2c3ccccc3c3c(-c4cccc(N(c5ccc(-c6ccc(-c7cccc8ccccc78)cc6)cc5)c5ccc(-c6cc7ccccc7c7ccccc67)cc5)c4)cc4ccccc4c32)cc1. The van der Waals surface area contributed by atoms with Gasteiger partial charge < -0.3 is 9.47 Å². The molecule has 0 amide bonds. The van der Waals surface area contributed by atoms with Crippen LogP contribution in [0, 0.1) is 0 Å². The molecule has 0 N–H and O–H groups in total. The Hall–Kier alpha value is -9.50. The summed E-state index contributed by atoms with van der Waals surface area (Å²) in [6, 6.07) is 102. The van der Waals surface area contributed by atoms with Gasteiger partial charge in [-0.1, -0.05) is 212 Å². The van der Waals surface area contributed by atoms with Crippen LogP contribution in [0.4, 0.5) is 17.1 Å². The van der Waals surface area contributed by atoms with Crippen molar-refractivity contribution >= 4 is 82.0 Å². The summed E-state index contributed by atoms with van der Waals surface area (Å²) < 4.78 is 2.45. The van der Waals surface area contributed by atoms with Gasteiger partial charge in [-0.15, -0.1) is 0 Å². The average molecular weight is 915 g/mol. The van der Waals surface area contributed by atoms with Gasteiger partial charge in [0.25, 0.3) is 0 Å². The molecule has 0 aliphatic heterocycles. The molecule has 0 saturated carbocycles. The van der Waals surface area contributed by atoms with E-state index >= 15 is 0 Å². The van der Waals surface area contributed by atoms with E-state index in [-0.39, 0.29) is 0 Å². The third-order valence-electron chi connectivity index (χ3n) is 14.7. The lowest BCUT2D eigenvalue weighted by Crippen LogP contribution is -2.10. The van der Waals surface area contributed by atoms with Crippen molar-refractivity contribution in [2.45, 2.75) is 0 Å². The van der Waals surface area contributed by atoms with Crippen molar-refractivity contribution in [1.29, 1.82) is 0 Å². The molecule has 0 aliphatic carbocycles. The molecule has 0 bridgehead atoms. The first kappa shape index (κ1) is 41.5. The lowest BCUT2D eigenvalue weighted by molar-refractivity contribution is 1.19. The fourth-order valence-corrected chi connectivity index (χ4v) is 11.4. The van der Waals surface area contributed by atoms with E-state index in [1.54, 1.807) is 0 Å². The van der Waals surface area contributed by atoms with Gasteiger partial charge >= 0.3 is 0 Å². The van der Waals surface area contributed by atoms with Gasteiger partial charge in [-0.25, -0.2) is 0 Å². The summed E-state index contributed by atoms with van der Waals surface area (Å²) in [5, 5.41) is 12.5. The van der Waals surface area contributed by atoms with Crippen molar-refractivity contribution < 1.29 is 0 Å². The minimum atomic E-state index is 1.08. The third kappa shape index (κ3) is 6.95. The van der Waals surface area contributed by atoms with Crippen LogP contribution in [0.1, 0.15) is 0 Å². The Morgan fingerprint density at radius 1 is 0.250 bits per heavy atom. The summed E-state index contributed by atoms with van der Waals surface area (Å²) >= 11 is 0. The van der Waals surface area contributed by atoms with Crippen LogP contribution in [0.5, 0.6) is 0 Å². The highest BCUT2D eigenvalue weighted by Crippen LogP contribution is 2.45. The van der Waals surface area contributed by atoms with E-state index in [9.17, 15) is 0 Å². The monoisotopic (exact) mass is 914 g/mol. The van der Waals surface area contributed by atoms with E-state index in [0.29, 0.717) is 0 Å². The zero-order valence-electron chi connectivity index (χ0n) is 39.5. The van der Waals surface area contributed by atoms with Crippen LogP contribution in [0.3, 0.4) is 0 Å². The maximum Gasteiger partial charge on any atom is 0.0625 e. The molecule has 1 aromatic heterocycles. The number of hydrogen-bond acceptors (Lipinski definition) is 1. The molecule has 0 aliphatic rings. The molecule has 72 heavy (non-hydrogen) atoms. The number of para-hydroxylation sites is 2. The first-order chi connectivity index (χ1) is 35.7. The fourth-order valence-electron chi connectivity index (χ4n) is 11.4. The van der Waals surface area contributed by atoms with Crippen LogP contribution < -0.4 is 4.90 Å². The average Bonchev–Trinajstić information content (AvgIpc) is 3.81. The van der Waals surface area contributed by atoms with Crippen molar-refractivity contribution in [3.05, 3.63) is 279 Å². The second kappa shape index (κ2) is 17.2. The molecule has 2 heteroatoms. The first-order valence-corrected chi connectivity index (χ1v) is 24.8. The van der Waals surface area contributed by atoms with E-state index in [0.717, 1.165) is 28.3 Å². The van der Waals surface area contributed by atoms with Gasteiger partial charge in [-0.3, -0.25) is 0 Å². The van der Waals surface area contributed by atoms with E-state index in [1.165, 1.54) is 104 Å². The van der Waals surface area contributed by atoms with Gasteiger partial charge in [0.05, 0.1) is 11.0 Å². The standard InChI is InChI=1S/C70H46N2/c1-2-21-55(22-3-1)72-68-31-13-12-29-65(68)69-67(46-54-18-6-9-26-62(54)70(69)72)52-20-14-23-58(44-52)71(57-42-38-51(39-43-57)66-45-53-17-5-8-25-61(53)63-27-10-11-28-64(63)66)56-40-36-48(37-41-56)47-32-34-50(35-33-47)60-30-15-19-49-16-4-7-24-59(49)60/h1-46H. The highest BCUT2D eigenvalue weighted by atomic mass is 15.1. The topological polar surface area (TPSA) is 8.17 Å². The molecular formula is C70H46N2. The lowest BCUT2D eigenvalue weighted by Gasteiger charge is -2.27. The maximum absolute atomic E-state index is 2.45. The number of fused-ring (bicyclic) bond motifs is 9. The number of hydrogen-bond donors (Lipinski definition) is 0. The van der Waals surface area contributed by atoms with Crippen molar-refractivity contribution in [2.75, 3.05) is 4.90 Å². The summed E-state index contributed by atoms with van der Waals surface area (Å²) in [4.78, 5) is 2.41. The second-order valence-corrected chi connectivity index (χ2v) is 18.8. The summed E-state index contributed by atoms with van der Waals surface area (Å²) in [5.41, 5.74) is 16.4. The fraction of sp³-hybridized carbons (Fsp3) is 0. The number of anilines is 3. The predicted octanol–water partition coefficient (Wildman–Crippen LogP) is 19.5. The molecule has 336 valence electrons. The quantitative estimate of drug-likeness (QED) is 0.138. The second-order valence-electron chi connectivity index (χ2n) is 18.8. The Kier molecular flexibility index (Phi) is 9.89. The first-order valence-electron chi connectivity index (χ1n) is 24.8. The van der Waals surface area contributed by atoms with Crippen LogP contribution in [0.15, 0.2) is 279 Å². The predicted molar refractivity (Wildman–Crippen MR) is 307 cm³/mol. The van der Waals surface area contributed by atoms with Crippen LogP contribution in [-0.4, -0.2) is 4.57 Å². The van der Waals surface area contributed by atoms with Crippen LogP contribution in [0.2, 0.25) is 0 Å². The van der Waals surface area contributed by atoms with Crippen LogP contribution >= 0.6 is 0 Å². The van der Waals surface area contributed by atoms with E-state index in [4.69, 9.17) is 0 Å². The molecule has 0 unspecified atom stereocenters. The Labute approximate surface area is 418 Å². The summed E-state index contributed by atoms with van der Waals surface area (Å²) in [5.74, 6) is 0. The lowest BCUT2D eigenvalue weighted by atomic mass is 9.93. The number of benzene rings is 13. The molecule has 0 spiro atoms. The smallest absolute Gasteiger partial charge is 0.0625 e. The van der Waals surface area contributed by atoms with Crippen molar-refractivity contribution in [2.24, 2.45) is 0 Å². The molecule has 14 aromatic rings. The van der Waals surface area contributed by atoms with Crippen LogP contribution in [-0.2, 0) is 0 Å². The molecule has 13 aromatic carbocycles. The minimum Gasteiger partial charge on any atom is -0.310 e. The van der Waals surface area contributed by atoms with Crippen LogP contribution in [0.25, 0.3) is 115 Å². The Morgan fingerprint density at radius 2 is 0.750 bits per heavy atom. The van der Waals surface area contributed by atoms with Gasteiger partial charge in [0, 0.05) is 38.9 Å². The van der Waals surface area contributed by atoms with E-state index in [1.807, 2.05) is 0 Å². The zero-order valence-corrected chi connectivity index (χ0v) is 39.5. The Balaban J connectivity index is 0.911. The number of aromatic nitrogens is 1. The molecule has 0 saturated heterocycles. The zero-order chi connectivity index (χ0) is 47.5. The molecule has 0 fully saturated rings. The largest absolute Gasteiger partial charge is 0.310 e. The Bertz CT molecular complexity index is 4350. The summed E-state index contributed by atoms with van der Waals surface area (Å²) in [6.45, 7) is 0. The van der Waals surface area contributed by atoms with Crippen molar-refractivity contribution in [3.63, 3.8) is 0 Å². The summed E-state index contributed by atoms with van der Waals surface area (Å²) in [7, 11) is 0. The maximum atomic E-state index is 2.45. The molecule has 14 rings (SSSR count). The molecule has 1 heterocycles. The Morgan fingerprint density at radius 3 is 1.49 bits per heavy atom. The van der Waals surface area contributed by atoms with Gasteiger partial charge in [0.1, 0.15) is 0 Å². The van der Waals surface area contributed by atoms with Crippen molar-refractivity contribution in [3.8, 4) is 50.2 Å². The normalized spacial score (nSPS) is 11.6. The molecule has 0 radical (unpaired) electrons. The van der Waals surface area contributed by atoms with Gasteiger partial charge in [-0.05, 0) is 149 Å². The van der Waals surface area contributed by atoms with Gasteiger partial charge in [0.2, 0.25) is 0 Å². The molecule has 2 nitrogen and oxygen atoms in total. The summed E-state index contributed by atoms with van der Waals surface area (Å²) in [6.07, 6.45) is 0. The van der Waals surface area contributed by atoms with Crippen molar-refractivity contribution in [1.82, 2.24) is 4.57 Å².